The minimum absolute atomic E-state index is 0.0524. The first kappa shape index (κ1) is 24.3. The van der Waals surface area contributed by atoms with Crippen molar-refractivity contribution < 1.29 is 23.8 Å². The highest BCUT2D eigenvalue weighted by Crippen LogP contribution is 2.24. The number of hydrogen-bond acceptors (Lipinski definition) is 5. The van der Waals surface area contributed by atoms with Crippen molar-refractivity contribution in [2.45, 2.75) is 58.1 Å². The fraction of sp³-hybridized carbons (Fsp3) is 0.440. The van der Waals surface area contributed by atoms with Crippen molar-refractivity contribution in [3.05, 3.63) is 59.7 Å². The van der Waals surface area contributed by atoms with Crippen molar-refractivity contribution in [1.82, 2.24) is 5.32 Å². The zero-order valence-corrected chi connectivity index (χ0v) is 18.7. The van der Waals surface area contributed by atoms with Crippen LogP contribution < -0.4 is 14.8 Å². The highest BCUT2D eigenvalue weighted by Gasteiger charge is 2.19. The maximum Gasteiger partial charge on any atom is 0.338 e. The lowest BCUT2D eigenvalue weighted by Crippen LogP contribution is -2.26. The van der Waals surface area contributed by atoms with Crippen molar-refractivity contribution >= 4 is 11.9 Å². The van der Waals surface area contributed by atoms with E-state index in [0.29, 0.717) is 36.4 Å². The fourth-order valence-electron chi connectivity index (χ4n) is 3.21. The summed E-state index contributed by atoms with van der Waals surface area (Å²) < 4.78 is 16.2. The lowest BCUT2D eigenvalue weighted by Gasteiger charge is -2.18. The first-order valence-corrected chi connectivity index (χ1v) is 10.8. The third kappa shape index (κ3) is 8.70. The molecule has 2 aromatic carbocycles. The molecule has 0 fully saturated rings. The van der Waals surface area contributed by atoms with Gasteiger partial charge in [0.2, 0.25) is 5.91 Å². The zero-order valence-electron chi connectivity index (χ0n) is 18.7. The van der Waals surface area contributed by atoms with Gasteiger partial charge in [0.1, 0.15) is 17.6 Å². The van der Waals surface area contributed by atoms with E-state index in [0.717, 1.165) is 31.2 Å². The number of carbonyl (C=O) groups is 2. The molecule has 0 spiro atoms. The number of ether oxygens (including phenoxy) is 3. The third-order valence-corrected chi connectivity index (χ3v) is 5.02. The van der Waals surface area contributed by atoms with E-state index in [2.05, 4.69) is 12.2 Å². The van der Waals surface area contributed by atoms with Gasteiger partial charge >= 0.3 is 5.97 Å². The summed E-state index contributed by atoms with van der Waals surface area (Å²) in [6.45, 7) is 2.62. The molecule has 0 saturated heterocycles. The van der Waals surface area contributed by atoms with Crippen molar-refractivity contribution in [2.75, 3.05) is 14.2 Å². The molecule has 0 bridgehead atoms. The second kappa shape index (κ2) is 13.3. The Bertz CT molecular complexity index is 800. The first-order valence-electron chi connectivity index (χ1n) is 10.8. The molecule has 1 amide bonds. The minimum Gasteiger partial charge on any atom is -0.497 e. The summed E-state index contributed by atoms with van der Waals surface area (Å²) in [5, 5.41) is 2.92. The summed E-state index contributed by atoms with van der Waals surface area (Å²) in [7, 11) is 3.07. The number of amides is 1. The molecule has 6 nitrogen and oxygen atoms in total. The third-order valence-electron chi connectivity index (χ3n) is 5.02. The molecule has 31 heavy (non-hydrogen) atoms. The van der Waals surface area contributed by atoms with E-state index in [1.165, 1.54) is 14.2 Å². The maximum absolute atomic E-state index is 12.7. The van der Waals surface area contributed by atoms with Crippen LogP contribution in [0.5, 0.6) is 11.5 Å². The molecule has 0 aliphatic heterocycles. The van der Waals surface area contributed by atoms with Gasteiger partial charge in [0.25, 0.3) is 0 Å². The number of carbonyl (C=O) groups excluding carboxylic acids is 2. The van der Waals surface area contributed by atoms with E-state index in [9.17, 15) is 9.59 Å². The number of esters is 1. The lowest BCUT2D eigenvalue weighted by molar-refractivity contribution is -0.121. The predicted molar refractivity (Wildman–Crippen MR) is 120 cm³/mol. The normalized spacial score (nSPS) is 11.5. The number of hydrogen-bond donors (Lipinski definition) is 1. The van der Waals surface area contributed by atoms with Crippen molar-refractivity contribution in [1.29, 1.82) is 0 Å². The van der Waals surface area contributed by atoms with Crippen molar-refractivity contribution in [3.63, 3.8) is 0 Å². The Kier molecular flexibility index (Phi) is 10.4. The molecule has 1 atom stereocenters. The van der Waals surface area contributed by atoms with Gasteiger partial charge < -0.3 is 19.5 Å². The molecular weight excluding hydrogens is 394 g/mol. The van der Waals surface area contributed by atoms with E-state index in [4.69, 9.17) is 14.2 Å². The lowest BCUT2D eigenvalue weighted by atomic mass is 10.1. The Morgan fingerprint density at radius 3 is 2.23 bits per heavy atom. The number of benzene rings is 2. The van der Waals surface area contributed by atoms with Gasteiger partial charge in [0.05, 0.1) is 19.8 Å². The maximum atomic E-state index is 12.7. The highest BCUT2D eigenvalue weighted by atomic mass is 16.5. The number of unbranched alkanes of at least 4 members (excludes halogenated alkanes) is 2. The van der Waals surface area contributed by atoms with Gasteiger partial charge in [-0.25, -0.2) is 4.79 Å². The Balaban J connectivity index is 1.94. The van der Waals surface area contributed by atoms with Gasteiger partial charge in [-0.3, -0.25) is 4.79 Å². The van der Waals surface area contributed by atoms with Gasteiger partial charge in [-0.15, -0.1) is 0 Å². The average Bonchev–Trinajstić information content (AvgIpc) is 2.81. The topological polar surface area (TPSA) is 73.9 Å². The zero-order chi connectivity index (χ0) is 22.5. The van der Waals surface area contributed by atoms with Gasteiger partial charge in [-0.2, -0.15) is 0 Å². The van der Waals surface area contributed by atoms with E-state index in [1.54, 1.807) is 18.2 Å². The molecule has 6 heteroatoms. The highest BCUT2D eigenvalue weighted by molar-refractivity contribution is 5.90. The molecule has 0 aliphatic carbocycles. The molecule has 168 valence electrons. The second-order valence-corrected chi connectivity index (χ2v) is 7.43. The van der Waals surface area contributed by atoms with Crippen LogP contribution >= 0.6 is 0 Å². The quantitative estimate of drug-likeness (QED) is 0.363. The fourth-order valence-corrected chi connectivity index (χ4v) is 3.21. The molecular formula is C25H33NO5. The van der Waals surface area contributed by atoms with Crippen LogP contribution in [0.1, 0.15) is 61.4 Å². The Hall–Kier alpha value is -3.02. The van der Waals surface area contributed by atoms with Gasteiger partial charge in [0, 0.05) is 19.0 Å². The van der Waals surface area contributed by atoms with Gasteiger partial charge in [0.15, 0.2) is 0 Å². The van der Waals surface area contributed by atoms with E-state index in [1.807, 2.05) is 30.3 Å². The van der Waals surface area contributed by atoms with Crippen LogP contribution in [0.2, 0.25) is 0 Å². The second-order valence-electron chi connectivity index (χ2n) is 7.43. The molecule has 1 N–H and O–H groups in total. The predicted octanol–water partition coefficient (Wildman–Crippen LogP) is 4.91. The number of methoxy groups -OCH3 is 2. The summed E-state index contributed by atoms with van der Waals surface area (Å²) in [4.78, 5) is 25.0. The molecule has 0 radical (unpaired) electrons. The molecule has 0 aliphatic rings. The number of rotatable bonds is 13. The van der Waals surface area contributed by atoms with E-state index >= 15 is 0 Å². The van der Waals surface area contributed by atoms with E-state index in [-0.39, 0.29) is 12.0 Å². The molecule has 2 aromatic rings. The van der Waals surface area contributed by atoms with Crippen LogP contribution in [0.15, 0.2) is 48.5 Å². The first-order chi connectivity index (χ1) is 15.0. The van der Waals surface area contributed by atoms with Crippen LogP contribution in [-0.2, 0) is 16.1 Å². The minimum atomic E-state index is -0.441. The monoisotopic (exact) mass is 427 g/mol. The summed E-state index contributed by atoms with van der Waals surface area (Å²) in [5.74, 6) is 0.551. The Morgan fingerprint density at radius 1 is 0.935 bits per heavy atom. The van der Waals surface area contributed by atoms with Crippen LogP contribution in [0, 0.1) is 0 Å². The van der Waals surface area contributed by atoms with Crippen LogP contribution in [0.4, 0.5) is 0 Å². The van der Waals surface area contributed by atoms with Gasteiger partial charge in [-0.05, 0) is 37.0 Å². The molecule has 2 rings (SSSR count). The van der Waals surface area contributed by atoms with Crippen LogP contribution in [0.3, 0.4) is 0 Å². The summed E-state index contributed by atoms with van der Waals surface area (Å²) >= 11 is 0. The van der Waals surface area contributed by atoms with Gasteiger partial charge in [-0.1, -0.05) is 50.1 Å². The molecule has 0 heterocycles. The summed E-state index contributed by atoms with van der Waals surface area (Å²) in [6, 6.07) is 14.7. The summed E-state index contributed by atoms with van der Waals surface area (Å²) in [5.41, 5.74) is 1.42. The molecule has 0 aromatic heterocycles. The molecule has 0 unspecified atom stereocenters. The van der Waals surface area contributed by atoms with Crippen molar-refractivity contribution in [2.24, 2.45) is 0 Å². The number of nitrogens with one attached hydrogen (secondary N) is 1. The Morgan fingerprint density at radius 2 is 1.61 bits per heavy atom. The SMILES string of the molecule is CCCCC[C@H](CCC(=O)NCc1ccccc1)OC(=O)c1cc(OC)cc(OC)c1. The average molecular weight is 428 g/mol. The summed E-state index contributed by atoms with van der Waals surface area (Å²) in [6.07, 6.45) is 4.27. The van der Waals surface area contributed by atoms with E-state index < -0.39 is 5.97 Å². The van der Waals surface area contributed by atoms with Crippen LogP contribution in [0.25, 0.3) is 0 Å². The Labute approximate surface area is 184 Å². The van der Waals surface area contributed by atoms with Crippen LogP contribution in [-0.4, -0.2) is 32.2 Å². The standard InChI is InChI=1S/C25H33NO5/c1-4-5-7-12-21(13-14-24(27)26-18-19-10-8-6-9-11-19)31-25(28)20-15-22(29-2)17-23(16-20)30-3/h6,8-11,15-17,21H,4-5,7,12-14,18H2,1-3H3,(H,26,27)/t21-/m1/s1. The largest absolute Gasteiger partial charge is 0.497 e. The molecule has 0 saturated carbocycles. The smallest absolute Gasteiger partial charge is 0.338 e. The van der Waals surface area contributed by atoms with Crippen molar-refractivity contribution in [3.8, 4) is 11.5 Å².